The smallest absolute Gasteiger partial charge is 0.324 e. The summed E-state index contributed by atoms with van der Waals surface area (Å²) >= 11 is 2.31. The normalized spacial score (nSPS) is 21.3. The first-order chi connectivity index (χ1) is 25.3. The van der Waals surface area contributed by atoms with Crippen LogP contribution in [0.1, 0.15) is 12.5 Å². The van der Waals surface area contributed by atoms with Crippen molar-refractivity contribution in [3.8, 4) is 5.75 Å². The number of alkyl halides is 1. The molecule has 0 radical (unpaired) electrons. The lowest BCUT2D eigenvalue weighted by Gasteiger charge is -2.37. The number of amides is 2. The van der Waals surface area contributed by atoms with Crippen molar-refractivity contribution in [3.63, 3.8) is 0 Å². The Kier molecular flexibility index (Phi) is 11.4. The number of ether oxygens (including phenoxy) is 4. The zero-order valence-electron chi connectivity index (χ0n) is 29.0. The third-order valence-corrected chi connectivity index (χ3v) is 10.8. The van der Waals surface area contributed by atoms with Crippen LogP contribution in [0.25, 0.3) is 0 Å². The first-order valence-electron chi connectivity index (χ1n) is 17.5. The van der Waals surface area contributed by atoms with E-state index in [-0.39, 0.29) is 37.5 Å². The van der Waals surface area contributed by atoms with Crippen LogP contribution in [0, 0.1) is 11.6 Å². The predicted molar refractivity (Wildman–Crippen MR) is 200 cm³/mol. The SMILES string of the molecule is CC(CI)OCCN1CCN(c2ccc(N3CCN(c4ccc(OCC5COC(Cn6cncn6)(c6ccc(F)cc6F)O5)cc4)CC3)cc2)C1=O. The number of piperazine rings is 1. The van der Waals surface area contributed by atoms with E-state index < -0.39 is 23.5 Å². The molecule has 12 nitrogen and oxygen atoms in total. The lowest BCUT2D eigenvalue weighted by Crippen LogP contribution is -2.46. The summed E-state index contributed by atoms with van der Waals surface area (Å²) in [6, 6.07) is 19.6. The van der Waals surface area contributed by atoms with Gasteiger partial charge < -0.3 is 33.6 Å². The van der Waals surface area contributed by atoms with Crippen LogP contribution in [0.3, 0.4) is 0 Å². The van der Waals surface area contributed by atoms with Crippen LogP contribution in [0.2, 0.25) is 0 Å². The largest absolute Gasteiger partial charge is 0.491 e. The van der Waals surface area contributed by atoms with E-state index in [0.717, 1.165) is 53.7 Å². The zero-order valence-corrected chi connectivity index (χ0v) is 31.1. The molecular formula is C37H42F2IN7O5. The summed E-state index contributed by atoms with van der Waals surface area (Å²) in [4.78, 5) is 25.4. The lowest BCUT2D eigenvalue weighted by atomic mass is 10.0. The van der Waals surface area contributed by atoms with Gasteiger partial charge in [0.05, 0.1) is 19.3 Å². The van der Waals surface area contributed by atoms with E-state index in [2.05, 4.69) is 54.6 Å². The van der Waals surface area contributed by atoms with E-state index in [0.29, 0.717) is 32.0 Å². The van der Waals surface area contributed by atoms with Gasteiger partial charge in [0, 0.05) is 78.9 Å². The van der Waals surface area contributed by atoms with E-state index >= 15 is 0 Å². The minimum Gasteiger partial charge on any atom is -0.491 e. The number of anilines is 3. The Morgan fingerprint density at radius 2 is 1.63 bits per heavy atom. The van der Waals surface area contributed by atoms with Crippen molar-refractivity contribution in [1.29, 1.82) is 0 Å². The van der Waals surface area contributed by atoms with Crippen LogP contribution in [0.4, 0.5) is 30.6 Å². The summed E-state index contributed by atoms with van der Waals surface area (Å²) in [5.74, 6) is -2.29. The van der Waals surface area contributed by atoms with Gasteiger partial charge in [-0.3, -0.25) is 4.90 Å². The maximum absolute atomic E-state index is 14.9. The highest BCUT2D eigenvalue weighted by Gasteiger charge is 2.46. The van der Waals surface area contributed by atoms with Gasteiger partial charge in [-0.15, -0.1) is 0 Å². The van der Waals surface area contributed by atoms with Crippen molar-refractivity contribution in [3.05, 3.63) is 96.6 Å². The maximum atomic E-state index is 14.9. The molecular weight excluding hydrogens is 787 g/mol. The third-order valence-electron chi connectivity index (χ3n) is 9.56. The number of benzene rings is 3. The Labute approximate surface area is 315 Å². The van der Waals surface area contributed by atoms with Gasteiger partial charge >= 0.3 is 6.03 Å². The Balaban J connectivity index is 0.882. The number of nitrogens with zero attached hydrogens (tertiary/aromatic N) is 7. The molecule has 0 aliphatic carbocycles. The fourth-order valence-electron chi connectivity index (χ4n) is 6.73. The summed E-state index contributed by atoms with van der Waals surface area (Å²) in [6.07, 6.45) is 2.54. The van der Waals surface area contributed by atoms with Gasteiger partial charge in [-0.2, -0.15) is 5.10 Å². The average Bonchev–Trinajstić information content (AvgIpc) is 3.92. The molecule has 15 heteroatoms. The van der Waals surface area contributed by atoms with Gasteiger partial charge in [0.25, 0.3) is 0 Å². The molecule has 1 aromatic heterocycles. The fourth-order valence-corrected chi connectivity index (χ4v) is 6.98. The van der Waals surface area contributed by atoms with Crippen LogP contribution >= 0.6 is 22.6 Å². The molecule has 7 rings (SSSR count). The van der Waals surface area contributed by atoms with E-state index in [1.54, 1.807) is 0 Å². The second kappa shape index (κ2) is 16.3. The first kappa shape index (κ1) is 36.3. The molecule has 0 spiro atoms. The van der Waals surface area contributed by atoms with E-state index in [9.17, 15) is 13.6 Å². The molecule has 3 aliphatic heterocycles. The monoisotopic (exact) mass is 829 g/mol. The molecule has 276 valence electrons. The van der Waals surface area contributed by atoms with Gasteiger partial charge in [-0.25, -0.2) is 23.2 Å². The number of halogens is 3. The van der Waals surface area contributed by atoms with Gasteiger partial charge in [0.15, 0.2) is 0 Å². The van der Waals surface area contributed by atoms with Crippen LogP contribution in [0.5, 0.6) is 5.75 Å². The van der Waals surface area contributed by atoms with Crippen LogP contribution < -0.4 is 19.4 Å². The van der Waals surface area contributed by atoms with Crippen molar-refractivity contribution in [2.24, 2.45) is 0 Å². The van der Waals surface area contributed by atoms with Crippen LogP contribution in [-0.2, 0) is 26.5 Å². The third kappa shape index (κ3) is 8.27. The molecule has 4 heterocycles. The molecule has 3 aromatic carbocycles. The van der Waals surface area contributed by atoms with Crippen molar-refractivity contribution >= 4 is 45.7 Å². The van der Waals surface area contributed by atoms with Gasteiger partial charge in [0.1, 0.15) is 49.3 Å². The molecule has 0 bridgehead atoms. The predicted octanol–water partition coefficient (Wildman–Crippen LogP) is 5.31. The molecule has 3 atom stereocenters. The van der Waals surface area contributed by atoms with Crippen molar-refractivity contribution < 1.29 is 32.5 Å². The molecule has 3 saturated heterocycles. The quantitative estimate of drug-likeness (QED) is 0.124. The minimum absolute atomic E-state index is 0.0318. The van der Waals surface area contributed by atoms with Gasteiger partial charge in [-0.1, -0.05) is 22.6 Å². The molecule has 3 unspecified atom stereocenters. The van der Waals surface area contributed by atoms with Crippen molar-refractivity contribution in [2.75, 3.05) is 84.8 Å². The number of carbonyl (C=O) groups excluding carboxylic acids is 1. The standard InChI is InChI=1S/C37H42F2IN7O5/c1-27(21-40)49-19-18-45-16-17-47(36(45)48)31-5-3-29(4-6-31)43-12-14-44(15-13-43)30-7-9-32(10-8-30)50-22-33-23-51-37(52-33,24-46-26-41-25-42-46)34-11-2-28(38)20-35(34)39/h2-11,20,25-27,33H,12-19,21-24H2,1H3. The Hall–Kier alpha value is -4.06. The van der Waals surface area contributed by atoms with Gasteiger partial charge in [-0.05, 0) is 67.6 Å². The summed E-state index contributed by atoms with van der Waals surface area (Å²) in [5, 5.41) is 4.11. The van der Waals surface area contributed by atoms with Crippen molar-refractivity contribution in [1.82, 2.24) is 19.7 Å². The Morgan fingerprint density at radius 3 is 2.29 bits per heavy atom. The summed E-state index contributed by atoms with van der Waals surface area (Å²) < 4.78 is 55.1. The first-order valence-corrected chi connectivity index (χ1v) is 19.0. The maximum Gasteiger partial charge on any atom is 0.324 e. The summed E-state index contributed by atoms with van der Waals surface area (Å²) in [6.45, 7) is 8.41. The Bertz CT molecular complexity index is 1780. The number of rotatable bonds is 14. The molecule has 4 aromatic rings. The lowest BCUT2D eigenvalue weighted by molar-refractivity contribution is -0.192. The molecule has 3 aliphatic rings. The molecule has 52 heavy (non-hydrogen) atoms. The zero-order chi connectivity index (χ0) is 36.1. The van der Waals surface area contributed by atoms with E-state index in [4.69, 9.17) is 18.9 Å². The topological polar surface area (TPSA) is 97.7 Å². The van der Waals surface area contributed by atoms with Crippen molar-refractivity contribution in [2.45, 2.75) is 31.5 Å². The second-order valence-corrected chi connectivity index (χ2v) is 14.0. The van der Waals surface area contributed by atoms with Crippen LogP contribution in [-0.4, -0.2) is 108 Å². The number of hydrogen-bond donors (Lipinski definition) is 0. The second-order valence-electron chi connectivity index (χ2n) is 13.1. The fraction of sp³-hybridized carbons (Fsp3) is 0.432. The highest BCUT2D eigenvalue weighted by Crippen LogP contribution is 2.38. The molecule has 0 saturated carbocycles. The summed E-state index contributed by atoms with van der Waals surface area (Å²) in [5.41, 5.74) is 3.24. The van der Waals surface area contributed by atoms with Gasteiger partial charge in [0.2, 0.25) is 5.79 Å². The number of urea groups is 1. The Morgan fingerprint density at radius 1 is 0.942 bits per heavy atom. The summed E-state index contributed by atoms with van der Waals surface area (Å²) in [7, 11) is 0. The minimum atomic E-state index is -1.51. The number of aromatic nitrogens is 3. The van der Waals surface area contributed by atoms with Crippen LogP contribution in [0.15, 0.2) is 79.4 Å². The average molecular weight is 830 g/mol. The molecule has 2 amide bonds. The number of carbonyl (C=O) groups is 1. The highest BCUT2D eigenvalue weighted by atomic mass is 127. The van der Waals surface area contributed by atoms with E-state index in [1.165, 1.54) is 29.5 Å². The number of hydrogen-bond acceptors (Lipinski definition) is 9. The molecule has 3 fully saturated rings. The molecule has 0 N–H and O–H groups in total. The van der Waals surface area contributed by atoms with E-state index in [1.807, 2.05) is 53.1 Å². The highest BCUT2D eigenvalue weighted by molar-refractivity contribution is 14.1.